The van der Waals surface area contributed by atoms with Gasteiger partial charge >= 0.3 is 6.18 Å². The van der Waals surface area contributed by atoms with Gasteiger partial charge in [0.05, 0.1) is 18.4 Å². The van der Waals surface area contributed by atoms with Gasteiger partial charge in [-0.05, 0) is 41.5 Å². The lowest BCUT2D eigenvalue weighted by atomic mass is 10.1. The van der Waals surface area contributed by atoms with Gasteiger partial charge < -0.3 is 10.1 Å². The number of hydrogen-bond acceptors (Lipinski definition) is 5. The molecule has 0 spiro atoms. The number of aromatic nitrogens is 3. The molecule has 4 aromatic rings. The van der Waals surface area contributed by atoms with Crippen molar-refractivity contribution in [2.24, 2.45) is 0 Å². The average Bonchev–Trinajstić information content (AvgIpc) is 3.29. The number of para-hydroxylation sites is 1. The Morgan fingerprint density at radius 1 is 0.972 bits per heavy atom. The van der Waals surface area contributed by atoms with E-state index in [-0.39, 0.29) is 18.1 Å². The van der Waals surface area contributed by atoms with Crippen molar-refractivity contribution in [3.05, 3.63) is 101 Å². The number of nitrogens with one attached hydrogen (secondary N) is 1. The van der Waals surface area contributed by atoms with Crippen LogP contribution in [0.25, 0.3) is 5.69 Å². The molecular formula is C26H23F3N4O2S. The highest BCUT2D eigenvalue weighted by Crippen LogP contribution is 2.30. The zero-order valence-electron chi connectivity index (χ0n) is 19.3. The topological polar surface area (TPSA) is 69.0 Å². The summed E-state index contributed by atoms with van der Waals surface area (Å²) in [5.41, 5.74) is 1.44. The molecule has 36 heavy (non-hydrogen) atoms. The first-order valence-corrected chi connectivity index (χ1v) is 12.0. The van der Waals surface area contributed by atoms with Crippen LogP contribution in [0.15, 0.2) is 84.0 Å². The van der Waals surface area contributed by atoms with Crippen molar-refractivity contribution in [3.63, 3.8) is 0 Å². The molecule has 1 N–H and O–H groups in total. The van der Waals surface area contributed by atoms with Gasteiger partial charge in [0.2, 0.25) is 5.91 Å². The highest BCUT2D eigenvalue weighted by atomic mass is 32.2. The van der Waals surface area contributed by atoms with Gasteiger partial charge in [-0.1, -0.05) is 60.3 Å². The lowest BCUT2D eigenvalue weighted by molar-refractivity contribution is -0.137. The third-order valence-electron chi connectivity index (χ3n) is 5.31. The molecule has 6 nitrogen and oxygen atoms in total. The van der Waals surface area contributed by atoms with Crippen molar-refractivity contribution in [2.45, 2.75) is 24.3 Å². The summed E-state index contributed by atoms with van der Waals surface area (Å²) in [5, 5.41) is 11.8. The van der Waals surface area contributed by atoms with Crippen molar-refractivity contribution in [2.75, 3.05) is 12.9 Å². The predicted octanol–water partition coefficient (Wildman–Crippen LogP) is 5.29. The first-order chi connectivity index (χ1) is 17.3. The van der Waals surface area contributed by atoms with E-state index in [9.17, 15) is 18.0 Å². The van der Waals surface area contributed by atoms with Crippen molar-refractivity contribution in [3.8, 4) is 11.4 Å². The highest BCUT2D eigenvalue weighted by Gasteiger charge is 2.30. The molecule has 0 aliphatic rings. The molecule has 3 aromatic carbocycles. The Labute approximate surface area is 210 Å². The third kappa shape index (κ3) is 6.45. The van der Waals surface area contributed by atoms with Gasteiger partial charge in [0.25, 0.3) is 0 Å². The fourth-order valence-electron chi connectivity index (χ4n) is 3.51. The number of methoxy groups -OCH3 is 1. The van der Waals surface area contributed by atoms with E-state index in [0.717, 1.165) is 29.1 Å². The summed E-state index contributed by atoms with van der Waals surface area (Å²) in [6.45, 7) is 0.371. The molecule has 0 unspecified atom stereocenters. The number of hydrogen-bond donors (Lipinski definition) is 1. The molecule has 1 amide bonds. The van der Waals surface area contributed by atoms with Crippen LogP contribution in [0.5, 0.6) is 5.75 Å². The van der Waals surface area contributed by atoms with E-state index in [1.807, 2.05) is 54.6 Å². The molecule has 4 rings (SSSR count). The molecule has 0 aliphatic heterocycles. The first-order valence-electron chi connectivity index (χ1n) is 11.0. The van der Waals surface area contributed by atoms with Crippen LogP contribution in [0, 0.1) is 0 Å². The van der Waals surface area contributed by atoms with Gasteiger partial charge in [-0.3, -0.25) is 9.36 Å². The van der Waals surface area contributed by atoms with E-state index in [4.69, 9.17) is 4.74 Å². The molecule has 1 aromatic heterocycles. The number of carbonyl (C=O) groups excluding carboxylic acids is 1. The van der Waals surface area contributed by atoms with E-state index >= 15 is 0 Å². The molecule has 0 saturated carbocycles. The number of carbonyl (C=O) groups is 1. The number of amides is 1. The summed E-state index contributed by atoms with van der Waals surface area (Å²) in [5.74, 6) is 1.13. The Kier molecular flexibility index (Phi) is 7.94. The maximum absolute atomic E-state index is 13.2. The summed E-state index contributed by atoms with van der Waals surface area (Å²) in [6, 6.07) is 21.8. The highest BCUT2D eigenvalue weighted by molar-refractivity contribution is 7.99. The summed E-state index contributed by atoms with van der Waals surface area (Å²) >= 11 is 1.21. The van der Waals surface area contributed by atoms with E-state index in [1.165, 1.54) is 17.8 Å². The molecule has 1 heterocycles. The van der Waals surface area contributed by atoms with Gasteiger partial charge in [0, 0.05) is 18.7 Å². The summed E-state index contributed by atoms with van der Waals surface area (Å²) in [6.07, 6.45) is -4.28. The molecular weight excluding hydrogens is 489 g/mol. The number of rotatable bonds is 9. The second kappa shape index (κ2) is 11.3. The van der Waals surface area contributed by atoms with Crippen LogP contribution in [0.2, 0.25) is 0 Å². The van der Waals surface area contributed by atoms with Crippen LogP contribution in [-0.4, -0.2) is 33.5 Å². The van der Waals surface area contributed by atoms with Crippen molar-refractivity contribution >= 4 is 17.7 Å². The largest absolute Gasteiger partial charge is 0.497 e. The normalized spacial score (nSPS) is 11.3. The van der Waals surface area contributed by atoms with E-state index in [0.29, 0.717) is 23.1 Å². The van der Waals surface area contributed by atoms with Gasteiger partial charge in [-0.2, -0.15) is 13.2 Å². The number of alkyl halides is 3. The van der Waals surface area contributed by atoms with Crippen molar-refractivity contribution in [1.82, 2.24) is 20.1 Å². The van der Waals surface area contributed by atoms with Crippen LogP contribution < -0.4 is 10.1 Å². The SMILES string of the molecule is COc1ccc(CNC(=O)CSc2nnc(Cc3cccc(C(F)(F)F)c3)n2-c2ccccc2)cc1. The standard InChI is InChI=1S/C26H23F3N4O2S/c1-35-22-12-10-18(11-13-22)16-30-24(34)17-36-25-32-31-23(33(25)21-8-3-2-4-9-21)15-19-6-5-7-20(14-19)26(27,28)29/h2-14H,15-17H2,1H3,(H,30,34). The summed E-state index contributed by atoms with van der Waals surface area (Å²) in [4.78, 5) is 12.5. The maximum atomic E-state index is 13.2. The number of nitrogens with zero attached hydrogens (tertiary/aromatic N) is 3. The fraction of sp³-hybridized carbons (Fsp3) is 0.192. The molecule has 0 saturated heterocycles. The minimum absolute atomic E-state index is 0.102. The molecule has 186 valence electrons. The molecule has 0 atom stereocenters. The van der Waals surface area contributed by atoms with Crippen molar-refractivity contribution in [1.29, 1.82) is 0 Å². The zero-order chi connectivity index (χ0) is 25.5. The number of thioether (sulfide) groups is 1. The second-order valence-electron chi connectivity index (χ2n) is 7.86. The molecule has 10 heteroatoms. The molecule has 0 bridgehead atoms. The predicted molar refractivity (Wildman–Crippen MR) is 131 cm³/mol. The number of benzene rings is 3. The third-order valence-corrected chi connectivity index (χ3v) is 6.24. The molecule has 0 fully saturated rings. The quantitative estimate of drug-likeness (QED) is 0.309. The van der Waals surface area contributed by atoms with Crippen LogP contribution >= 0.6 is 11.8 Å². The average molecular weight is 513 g/mol. The van der Waals surface area contributed by atoms with Crippen LogP contribution in [-0.2, 0) is 23.9 Å². The van der Waals surface area contributed by atoms with Crippen molar-refractivity contribution < 1.29 is 22.7 Å². The maximum Gasteiger partial charge on any atom is 0.416 e. The van der Waals surface area contributed by atoms with Crippen LogP contribution in [0.4, 0.5) is 13.2 Å². The fourth-order valence-corrected chi connectivity index (χ4v) is 4.31. The van der Waals surface area contributed by atoms with E-state index in [2.05, 4.69) is 15.5 Å². The minimum Gasteiger partial charge on any atom is -0.497 e. The van der Waals surface area contributed by atoms with Crippen LogP contribution in [0.1, 0.15) is 22.5 Å². The van der Waals surface area contributed by atoms with E-state index in [1.54, 1.807) is 17.7 Å². The van der Waals surface area contributed by atoms with Gasteiger partial charge in [0.1, 0.15) is 11.6 Å². The Morgan fingerprint density at radius 2 is 1.72 bits per heavy atom. The number of halogens is 3. The Morgan fingerprint density at radius 3 is 2.42 bits per heavy atom. The van der Waals surface area contributed by atoms with Gasteiger partial charge in [-0.25, -0.2) is 0 Å². The van der Waals surface area contributed by atoms with Gasteiger partial charge in [0.15, 0.2) is 5.16 Å². The Bertz CT molecular complexity index is 1310. The monoisotopic (exact) mass is 512 g/mol. The Hall–Kier alpha value is -3.79. The number of ether oxygens (including phenoxy) is 1. The lowest BCUT2D eigenvalue weighted by Crippen LogP contribution is -2.24. The van der Waals surface area contributed by atoms with Crippen LogP contribution in [0.3, 0.4) is 0 Å². The second-order valence-corrected chi connectivity index (χ2v) is 8.80. The Balaban J connectivity index is 1.48. The summed E-state index contributed by atoms with van der Waals surface area (Å²) < 4.78 is 46.4. The summed E-state index contributed by atoms with van der Waals surface area (Å²) in [7, 11) is 1.59. The van der Waals surface area contributed by atoms with Gasteiger partial charge in [-0.15, -0.1) is 10.2 Å². The molecule has 0 radical (unpaired) electrons. The molecule has 0 aliphatic carbocycles. The van der Waals surface area contributed by atoms with E-state index < -0.39 is 11.7 Å². The first kappa shape index (κ1) is 25.3. The zero-order valence-corrected chi connectivity index (χ0v) is 20.1. The smallest absolute Gasteiger partial charge is 0.416 e. The minimum atomic E-state index is -4.43. The lowest BCUT2D eigenvalue weighted by Gasteiger charge is -2.12.